The Bertz CT molecular complexity index is 1110. The summed E-state index contributed by atoms with van der Waals surface area (Å²) >= 11 is 1.05. The normalized spacial score (nSPS) is 10.4. The fourth-order valence-corrected chi connectivity index (χ4v) is 3.61. The minimum atomic E-state index is -0.489. The van der Waals surface area contributed by atoms with Crippen molar-refractivity contribution in [3.63, 3.8) is 0 Å². The van der Waals surface area contributed by atoms with Crippen molar-refractivity contribution < 1.29 is 18.7 Å². The summed E-state index contributed by atoms with van der Waals surface area (Å²) in [6.07, 6.45) is 0.939. The van der Waals surface area contributed by atoms with Crippen molar-refractivity contribution in [2.24, 2.45) is 0 Å². The Morgan fingerprint density at radius 2 is 1.97 bits per heavy atom. The van der Waals surface area contributed by atoms with Gasteiger partial charge in [0.25, 0.3) is 5.91 Å². The lowest BCUT2D eigenvalue weighted by Gasteiger charge is -2.03. The maximum absolute atomic E-state index is 13.1. The van der Waals surface area contributed by atoms with Crippen LogP contribution < -0.4 is 11.1 Å². The summed E-state index contributed by atoms with van der Waals surface area (Å²) in [7, 11) is 1.28. The highest BCUT2D eigenvalue weighted by atomic mass is 32.1. The molecule has 0 unspecified atom stereocenters. The number of aryl methyl sites for hydroxylation is 1. The molecule has 3 aromatic rings. The summed E-state index contributed by atoms with van der Waals surface area (Å²) in [6.45, 7) is 0.346. The molecular weight excluding hydrogens is 409 g/mol. The number of halogens is 1. The topological polar surface area (TPSA) is 123 Å². The molecule has 0 aliphatic rings. The van der Waals surface area contributed by atoms with Crippen LogP contribution in [0, 0.1) is 17.1 Å². The van der Waals surface area contributed by atoms with Crippen molar-refractivity contribution in [2.75, 3.05) is 19.4 Å². The number of carbonyl (C=O) groups is 2. The number of hydrogen-bond acceptors (Lipinski definition) is 7. The zero-order chi connectivity index (χ0) is 21.7. The van der Waals surface area contributed by atoms with Gasteiger partial charge in [0.1, 0.15) is 28.1 Å². The number of nitrogen functional groups attached to an aromatic ring is 1. The van der Waals surface area contributed by atoms with Gasteiger partial charge in [-0.05, 0) is 49.2 Å². The van der Waals surface area contributed by atoms with Gasteiger partial charge in [0.15, 0.2) is 0 Å². The summed E-state index contributed by atoms with van der Waals surface area (Å²) in [4.78, 5) is 24.4. The Labute approximate surface area is 175 Å². The SMILES string of the molecule is COC(=O)c1ccc(C(=O)NCCCc2nn(-c3ccc(F)cc3)c(N)c2C#N)s1. The van der Waals surface area contributed by atoms with Gasteiger partial charge in [0.2, 0.25) is 0 Å². The van der Waals surface area contributed by atoms with E-state index in [4.69, 9.17) is 5.73 Å². The van der Waals surface area contributed by atoms with E-state index in [0.29, 0.717) is 40.5 Å². The van der Waals surface area contributed by atoms with Gasteiger partial charge in [-0.2, -0.15) is 10.4 Å². The first-order valence-electron chi connectivity index (χ1n) is 8.94. The number of ether oxygens (including phenoxy) is 1. The standard InChI is InChI=1S/C20H18FN5O3S/c1-29-20(28)17-9-8-16(30-17)19(27)24-10-2-3-15-14(11-22)18(23)26(25-15)13-6-4-12(21)5-7-13/h4-9H,2-3,10,23H2,1H3,(H,24,27). The summed E-state index contributed by atoms with van der Waals surface area (Å²) in [6, 6.07) is 10.8. The van der Waals surface area contributed by atoms with Crippen LogP contribution in [0.5, 0.6) is 0 Å². The second-order valence-corrected chi connectivity index (χ2v) is 7.31. The van der Waals surface area contributed by atoms with Crippen LogP contribution in [0.15, 0.2) is 36.4 Å². The number of hydrogen-bond donors (Lipinski definition) is 2. The van der Waals surface area contributed by atoms with Crippen LogP contribution in [-0.4, -0.2) is 35.3 Å². The maximum atomic E-state index is 13.1. The molecule has 1 aromatic carbocycles. The van der Waals surface area contributed by atoms with Gasteiger partial charge < -0.3 is 15.8 Å². The largest absolute Gasteiger partial charge is 0.465 e. The van der Waals surface area contributed by atoms with Crippen LogP contribution in [0.1, 0.15) is 37.0 Å². The Morgan fingerprint density at radius 1 is 1.27 bits per heavy atom. The van der Waals surface area contributed by atoms with Crippen molar-refractivity contribution in [3.8, 4) is 11.8 Å². The highest BCUT2D eigenvalue weighted by Gasteiger charge is 2.17. The minimum Gasteiger partial charge on any atom is -0.465 e. The second-order valence-electron chi connectivity index (χ2n) is 6.22. The molecule has 3 N–H and O–H groups in total. The lowest BCUT2D eigenvalue weighted by atomic mass is 10.1. The van der Waals surface area contributed by atoms with E-state index in [1.165, 1.54) is 42.1 Å². The quantitative estimate of drug-likeness (QED) is 0.441. The van der Waals surface area contributed by atoms with Crippen LogP contribution >= 0.6 is 11.3 Å². The number of esters is 1. The lowest BCUT2D eigenvalue weighted by molar-refractivity contribution is 0.0606. The molecule has 0 atom stereocenters. The number of rotatable bonds is 7. The molecule has 0 aliphatic carbocycles. The number of nitrogens with two attached hydrogens (primary N) is 1. The first-order valence-corrected chi connectivity index (χ1v) is 9.76. The van der Waals surface area contributed by atoms with E-state index in [0.717, 1.165) is 11.3 Å². The monoisotopic (exact) mass is 427 g/mol. The smallest absolute Gasteiger partial charge is 0.348 e. The number of nitrogens with zero attached hydrogens (tertiary/aromatic N) is 3. The fraction of sp³-hybridized carbons (Fsp3) is 0.200. The Balaban J connectivity index is 1.61. The summed E-state index contributed by atoms with van der Waals surface area (Å²) in [5.41, 5.74) is 7.33. The molecule has 0 saturated heterocycles. The van der Waals surface area contributed by atoms with Gasteiger partial charge in [-0.1, -0.05) is 0 Å². The third-order valence-electron chi connectivity index (χ3n) is 4.27. The molecule has 0 saturated carbocycles. The fourth-order valence-electron chi connectivity index (χ4n) is 2.77. The van der Waals surface area contributed by atoms with Crippen molar-refractivity contribution >= 4 is 29.0 Å². The van der Waals surface area contributed by atoms with E-state index in [-0.39, 0.29) is 23.1 Å². The number of anilines is 1. The third kappa shape index (κ3) is 4.47. The van der Waals surface area contributed by atoms with Crippen molar-refractivity contribution in [1.82, 2.24) is 15.1 Å². The predicted molar refractivity (Wildman–Crippen MR) is 109 cm³/mol. The van der Waals surface area contributed by atoms with Crippen molar-refractivity contribution in [1.29, 1.82) is 5.26 Å². The molecule has 3 rings (SSSR count). The number of thiophene rings is 1. The molecule has 2 heterocycles. The zero-order valence-corrected chi connectivity index (χ0v) is 16.8. The van der Waals surface area contributed by atoms with Crippen molar-refractivity contribution in [3.05, 3.63) is 63.2 Å². The van der Waals surface area contributed by atoms with E-state index < -0.39 is 5.97 Å². The van der Waals surface area contributed by atoms with E-state index in [1.54, 1.807) is 6.07 Å². The van der Waals surface area contributed by atoms with E-state index in [2.05, 4.69) is 15.2 Å². The predicted octanol–water partition coefficient (Wildman–Crippen LogP) is 2.68. The van der Waals surface area contributed by atoms with Gasteiger partial charge in [-0.3, -0.25) is 4.79 Å². The third-order valence-corrected chi connectivity index (χ3v) is 5.33. The Kier molecular flexibility index (Phi) is 6.44. The van der Waals surface area contributed by atoms with Gasteiger partial charge in [0.05, 0.1) is 23.4 Å². The van der Waals surface area contributed by atoms with Crippen molar-refractivity contribution in [2.45, 2.75) is 12.8 Å². The second kappa shape index (κ2) is 9.19. The molecule has 0 spiro atoms. The molecule has 154 valence electrons. The first-order chi connectivity index (χ1) is 14.4. The molecule has 0 bridgehead atoms. The maximum Gasteiger partial charge on any atom is 0.348 e. The van der Waals surface area contributed by atoms with E-state index >= 15 is 0 Å². The molecule has 8 nitrogen and oxygen atoms in total. The Hall–Kier alpha value is -3.71. The van der Waals surface area contributed by atoms with Gasteiger partial charge in [-0.25, -0.2) is 13.9 Å². The molecule has 0 fully saturated rings. The van der Waals surface area contributed by atoms with E-state index in [9.17, 15) is 19.2 Å². The molecular formula is C20H18FN5O3S. The number of nitriles is 1. The average Bonchev–Trinajstić information content (AvgIpc) is 3.36. The highest BCUT2D eigenvalue weighted by molar-refractivity contribution is 7.15. The molecule has 10 heteroatoms. The zero-order valence-electron chi connectivity index (χ0n) is 16.0. The first kappa shape index (κ1) is 21.0. The summed E-state index contributed by atoms with van der Waals surface area (Å²) in [5.74, 6) is -0.994. The van der Waals surface area contributed by atoms with Crippen LogP contribution in [0.2, 0.25) is 0 Å². The summed E-state index contributed by atoms with van der Waals surface area (Å²) < 4.78 is 19.2. The molecule has 2 aromatic heterocycles. The van der Waals surface area contributed by atoms with E-state index in [1.807, 2.05) is 6.07 Å². The Morgan fingerprint density at radius 3 is 2.63 bits per heavy atom. The van der Waals surface area contributed by atoms with Crippen LogP contribution in [0.3, 0.4) is 0 Å². The number of amides is 1. The van der Waals surface area contributed by atoms with Gasteiger partial charge in [-0.15, -0.1) is 11.3 Å². The number of benzene rings is 1. The molecule has 1 amide bonds. The molecule has 30 heavy (non-hydrogen) atoms. The summed E-state index contributed by atoms with van der Waals surface area (Å²) in [5, 5.41) is 16.6. The van der Waals surface area contributed by atoms with Crippen LogP contribution in [0.25, 0.3) is 5.69 Å². The lowest BCUT2D eigenvalue weighted by Crippen LogP contribution is -2.24. The molecule has 0 radical (unpaired) electrons. The number of carbonyl (C=O) groups excluding carboxylic acids is 2. The minimum absolute atomic E-state index is 0.178. The number of nitrogens with one attached hydrogen (secondary N) is 1. The number of aromatic nitrogens is 2. The average molecular weight is 427 g/mol. The van der Waals surface area contributed by atoms with Gasteiger partial charge in [0, 0.05) is 6.54 Å². The van der Waals surface area contributed by atoms with Crippen LogP contribution in [0.4, 0.5) is 10.2 Å². The highest BCUT2D eigenvalue weighted by Crippen LogP contribution is 2.22. The molecule has 0 aliphatic heterocycles. The van der Waals surface area contributed by atoms with Crippen LogP contribution in [-0.2, 0) is 11.2 Å². The van der Waals surface area contributed by atoms with Gasteiger partial charge >= 0.3 is 5.97 Å². The number of methoxy groups -OCH3 is 1.